The van der Waals surface area contributed by atoms with Crippen molar-refractivity contribution in [2.24, 2.45) is 0 Å². The van der Waals surface area contributed by atoms with Gasteiger partial charge in [-0.25, -0.2) is 0 Å². The Hall–Kier alpha value is -2.95. The quantitative estimate of drug-likeness (QED) is 0.861. The van der Waals surface area contributed by atoms with Crippen LogP contribution in [0.4, 0.5) is 5.69 Å². The summed E-state index contributed by atoms with van der Waals surface area (Å²) < 4.78 is 0. The Morgan fingerprint density at radius 1 is 1.25 bits per heavy atom. The second-order valence-electron chi connectivity index (χ2n) is 5.65. The van der Waals surface area contributed by atoms with Gasteiger partial charge in [-0.05, 0) is 41.8 Å². The molecule has 0 atom stereocenters. The summed E-state index contributed by atoms with van der Waals surface area (Å²) in [6.45, 7) is 1.23. The van der Waals surface area contributed by atoms with Gasteiger partial charge in [0.25, 0.3) is 0 Å². The van der Waals surface area contributed by atoms with Crippen LogP contribution in [0.2, 0.25) is 0 Å². The average molecular weight is 321 g/mol. The van der Waals surface area contributed by atoms with E-state index in [-0.39, 0.29) is 11.8 Å². The number of hydrogen-bond donors (Lipinski definition) is 1. The molecule has 24 heavy (non-hydrogen) atoms. The number of rotatable bonds is 5. The number of carbonyl (C=O) groups is 2. The van der Waals surface area contributed by atoms with Crippen molar-refractivity contribution in [1.29, 1.82) is 0 Å². The fourth-order valence-corrected chi connectivity index (χ4v) is 2.61. The van der Waals surface area contributed by atoms with E-state index in [2.05, 4.69) is 10.3 Å². The number of benzene rings is 1. The summed E-state index contributed by atoms with van der Waals surface area (Å²) in [5, 5.41) is 2.81. The van der Waals surface area contributed by atoms with Gasteiger partial charge in [-0.15, -0.1) is 0 Å². The van der Waals surface area contributed by atoms with Crippen molar-refractivity contribution in [3.63, 3.8) is 0 Å². The van der Waals surface area contributed by atoms with E-state index in [1.807, 2.05) is 36.4 Å². The number of nitrogens with one attached hydrogen (secondary N) is 1. The molecule has 1 aromatic heterocycles. The predicted molar refractivity (Wildman–Crippen MR) is 93.1 cm³/mol. The largest absolute Gasteiger partial charge is 0.348 e. The minimum Gasteiger partial charge on any atom is -0.348 e. The van der Waals surface area contributed by atoms with Crippen LogP contribution in [0.25, 0.3) is 6.08 Å². The zero-order chi connectivity index (χ0) is 16.8. The van der Waals surface area contributed by atoms with Crippen LogP contribution in [0.5, 0.6) is 0 Å². The van der Waals surface area contributed by atoms with E-state index in [4.69, 9.17) is 0 Å². The van der Waals surface area contributed by atoms with Crippen molar-refractivity contribution < 1.29 is 9.59 Å². The Morgan fingerprint density at radius 2 is 2.08 bits per heavy atom. The first kappa shape index (κ1) is 15.9. The van der Waals surface area contributed by atoms with E-state index in [1.165, 1.54) is 6.08 Å². The van der Waals surface area contributed by atoms with E-state index in [1.54, 1.807) is 23.4 Å². The molecule has 0 unspecified atom stereocenters. The van der Waals surface area contributed by atoms with Crippen LogP contribution >= 0.6 is 0 Å². The first-order chi connectivity index (χ1) is 11.7. The zero-order valence-electron chi connectivity index (χ0n) is 13.3. The lowest BCUT2D eigenvalue weighted by molar-refractivity contribution is -0.117. The highest BCUT2D eigenvalue weighted by molar-refractivity contribution is 5.95. The highest BCUT2D eigenvalue weighted by Crippen LogP contribution is 2.21. The van der Waals surface area contributed by atoms with Crippen molar-refractivity contribution in [2.45, 2.75) is 19.4 Å². The summed E-state index contributed by atoms with van der Waals surface area (Å²) >= 11 is 0. The molecule has 122 valence electrons. The molecule has 1 aliphatic heterocycles. The number of pyridine rings is 1. The molecule has 2 aromatic rings. The number of aromatic nitrogens is 1. The van der Waals surface area contributed by atoms with Crippen molar-refractivity contribution in [2.75, 3.05) is 11.4 Å². The highest BCUT2D eigenvalue weighted by Gasteiger charge is 2.21. The van der Waals surface area contributed by atoms with Crippen molar-refractivity contribution in [3.8, 4) is 0 Å². The lowest BCUT2D eigenvalue weighted by atomic mass is 10.2. The Balaban J connectivity index is 1.54. The molecular formula is C19H19N3O2. The fourth-order valence-electron chi connectivity index (χ4n) is 2.61. The maximum absolute atomic E-state index is 11.8. The molecule has 2 heterocycles. The summed E-state index contributed by atoms with van der Waals surface area (Å²) in [6, 6.07) is 11.4. The van der Waals surface area contributed by atoms with Crippen LogP contribution in [-0.4, -0.2) is 23.3 Å². The third-order valence-electron chi connectivity index (χ3n) is 3.89. The Bertz CT molecular complexity index is 739. The first-order valence-electron chi connectivity index (χ1n) is 7.97. The van der Waals surface area contributed by atoms with Crippen molar-refractivity contribution in [1.82, 2.24) is 10.3 Å². The lowest BCUT2D eigenvalue weighted by Crippen LogP contribution is -2.23. The van der Waals surface area contributed by atoms with Crippen LogP contribution in [0.3, 0.4) is 0 Å². The van der Waals surface area contributed by atoms with Gasteiger partial charge >= 0.3 is 0 Å². The average Bonchev–Trinajstić information content (AvgIpc) is 3.05. The fraction of sp³-hybridized carbons (Fsp3) is 0.211. The van der Waals surface area contributed by atoms with Crippen LogP contribution < -0.4 is 10.2 Å². The molecule has 0 aliphatic carbocycles. The highest BCUT2D eigenvalue weighted by atomic mass is 16.2. The maximum atomic E-state index is 11.8. The van der Waals surface area contributed by atoms with Gasteiger partial charge in [0.15, 0.2) is 0 Å². The Kier molecular flexibility index (Phi) is 5.01. The second kappa shape index (κ2) is 7.55. The van der Waals surface area contributed by atoms with E-state index in [0.717, 1.165) is 29.8 Å². The molecule has 1 N–H and O–H groups in total. The number of carbonyl (C=O) groups excluding carboxylic acids is 2. The van der Waals surface area contributed by atoms with Gasteiger partial charge in [-0.1, -0.05) is 18.2 Å². The lowest BCUT2D eigenvalue weighted by Gasteiger charge is -2.15. The number of amides is 2. The third-order valence-corrected chi connectivity index (χ3v) is 3.89. The van der Waals surface area contributed by atoms with Crippen LogP contribution in [0.1, 0.15) is 24.0 Å². The molecule has 5 nitrogen and oxygen atoms in total. The smallest absolute Gasteiger partial charge is 0.244 e. The molecule has 0 radical (unpaired) electrons. The Morgan fingerprint density at radius 3 is 2.75 bits per heavy atom. The standard InChI is InChI=1S/C19H19N3O2/c23-18(21-14-16-3-1-11-20-13-16)10-7-15-5-8-17(9-6-15)22-12-2-4-19(22)24/h1,3,5-11,13H,2,4,12,14H2,(H,21,23)/b10-7+. The summed E-state index contributed by atoms with van der Waals surface area (Å²) in [7, 11) is 0. The van der Waals surface area contributed by atoms with Gasteiger partial charge in [-0.2, -0.15) is 0 Å². The van der Waals surface area contributed by atoms with Crippen molar-refractivity contribution >= 4 is 23.6 Å². The summed E-state index contributed by atoms with van der Waals surface area (Å²) in [6.07, 6.45) is 8.23. The van der Waals surface area contributed by atoms with Gasteiger partial charge in [-0.3, -0.25) is 14.6 Å². The van der Waals surface area contributed by atoms with E-state index < -0.39 is 0 Å². The molecule has 1 aliphatic rings. The SMILES string of the molecule is O=C(/C=C/c1ccc(N2CCCC2=O)cc1)NCc1cccnc1. The third kappa shape index (κ3) is 4.07. The minimum absolute atomic E-state index is 0.155. The van der Waals surface area contributed by atoms with Gasteiger partial charge in [0.2, 0.25) is 11.8 Å². The van der Waals surface area contributed by atoms with Gasteiger partial charge in [0.1, 0.15) is 0 Å². The zero-order valence-corrected chi connectivity index (χ0v) is 13.3. The van der Waals surface area contributed by atoms with Gasteiger partial charge < -0.3 is 10.2 Å². The molecule has 5 heteroatoms. The summed E-state index contributed by atoms with van der Waals surface area (Å²) in [5.74, 6) is 0.0192. The van der Waals surface area contributed by atoms with Crippen LogP contribution in [0.15, 0.2) is 54.9 Å². The van der Waals surface area contributed by atoms with Crippen LogP contribution in [0, 0.1) is 0 Å². The molecule has 0 spiro atoms. The van der Waals surface area contributed by atoms with Gasteiger partial charge in [0, 0.05) is 43.7 Å². The predicted octanol–water partition coefficient (Wildman–Crippen LogP) is 2.54. The molecule has 1 aromatic carbocycles. The normalized spacial score (nSPS) is 14.3. The van der Waals surface area contributed by atoms with Crippen molar-refractivity contribution in [3.05, 3.63) is 66.0 Å². The molecule has 1 fully saturated rings. The van der Waals surface area contributed by atoms with E-state index >= 15 is 0 Å². The maximum Gasteiger partial charge on any atom is 0.244 e. The molecular weight excluding hydrogens is 302 g/mol. The number of nitrogens with zero attached hydrogens (tertiary/aromatic N) is 2. The van der Waals surface area contributed by atoms with E-state index in [0.29, 0.717) is 13.0 Å². The minimum atomic E-state index is -0.155. The van der Waals surface area contributed by atoms with Crippen LogP contribution in [-0.2, 0) is 16.1 Å². The first-order valence-corrected chi connectivity index (χ1v) is 7.97. The van der Waals surface area contributed by atoms with E-state index in [9.17, 15) is 9.59 Å². The van der Waals surface area contributed by atoms with Gasteiger partial charge in [0.05, 0.1) is 0 Å². The molecule has 2 amide bonds. The summed E-state index contributed by atoms with van der Waals surface area (Å²) in [4.78, 5) is 29.4. The topological polar surface area (TPSA) is 62.3 Å². The molecule has 3 rings (SSSR count). The monoisotopic (exact) mass is 321 g/mol. The summed E-state index contributed by atoms with van der Waals surface area (Å²) in [5.41, 5.74) is 2.79. The molecule has 1 saturated heterocycles. The Labute approximate surface area is 141 Å². The number of anilines is 1. The second-order valence-corrected chi connectivity index (χ2v) is 5.65. The molecule has 0 saturated carbocycles. The molecule has 0 bridgehead atoms. The number of hydrogen-bond acceptors (Lipinski definition) is 3.